The first kappa shape index (κ1) is 14.6. The van der Waals surface area contributed by atoms with Gasteiger partial charge in [-0.05, 0) is 43.4 Å². The third kappa shape index (κ3) is 3.18. The summed E-state index contributed by atoms with van der Waals surface area (Å²) >= 11 is 0. The van der Waals surface area contributed by atoms with Crippen molar-refractivity contribution >= 4 is 17.5 Å². The number of hydrogen-bond donors (Lipinski definition) is 1. The molecule has 1 aromatic rings. The van der Waals surface area contributed by atoms with Crippen molar-refractivity contribution in [1.29, 1.82) is 0 Å². The Morgan fingerprint density at radius 3 is 2.60 bits per heavy atom. The molecule has 20 heavy (non-hydrogen) atoms. The normalized spacial score (nSPS) is 20.4. The van der Waals surface area contributed by atoms with Crippen LogP contribution >= 0.6 is 0 Å². The molecule has 0 unspecified atom stereocenters. The van der Waals surface area contributed by atoms with E-state index in [0.717, 1.165) is 23.2 Å². The Morgan fingerprint density at radius 1 is 1.35 bits per heavy atom. The quantitative estimate of drug-likeness (QED) is 0.916. The number of carbonyl (C=O) groups excluding carboxylic acids is 2. The van der Waals surface area contributed by atoms with E-state index in [4.69, 9.17) is 0 Å². The van der Waals surface area contributed by atoms with Crippen LogP contribution in [0.5, 0.6) is 0 Å². The van der Waals surface area contributed by atoms with Crippen molar-refractivity contribution in [2.75, 3.05) is 18.9 Å². The van der Waals surface area contributed by atoms with E-state index in [-0.39, 0.29) is 24.3 Å². The van der Waals surface area contributed by atoms with E-state index in [2.05, 4.69) is 12.2 Å². The number of amides is 2. The summed E-state index contributed by atoms with van der Waals surface area (Å²) in [7, 11) is 1.69. The molecule has 1 fully saturated rings. The van der Waals surface area contributed by atoms with Gasteiger partial charge in [0.1, 0.15) is 0 Å². The van der Waals surface area contributed by atoms with Crippen LogP contribution in [-0.2, 0) is 9.59 Å². The summed E-state index contributed by atoms with van der Waals surface area (Å²) in [5.41, 5.74) is 3.01. The van der Waals surface area contributed by atoms with Gasteiger partial charge in [-0.25, -0.2) is 0 Å². The van der Waals surface area contributed by atoms with E-state index in [1.54, 1.807) is 7.05 Å². The molecule has 1 aliphatic rings. The summed E-state index contributed by atoms with van der Waals surface area (Å²) in [6, 6.07) is 5.80. The molecule has 0 saturated heterocycles. The van der Waals surface area contributed by atoms with E-state index in [0.29, 0.717) is 5.92 Å². The molecule has 0 aliphatic heterocycles. The van der Waals surface area contributed by atoms with Gasteiger partial charge in [0, 0.05) is 18.7 Å². The molecule has 4 heteroatoms. The smallest absolute Gasteiger partial charge is 0.243 e. The van der Waals surface area contributed by atoms with Gasteiger partial charge in [0.15, 0.2) is 0 Å². The summed E-state index contributed by atoms with van der Waals surface area (Å²) < 4.78 is 0. The molecule has 2 amide bonds. The van der Waals surface area contributed by atoms with Crippen molar-refractivity contribution in [3.63, 3.8) is 0 Å². The van der Waals surface area contributed by atoms with E-state index in [1.165, 1.54) is 4.90 Å². The minimum Gasteiger partial charge on any atom is -0.336 e. The Balaban J connectivity index is 1.92. The Morgan fingerprint density at radius 2 is 2.00 bits per heavy atom. The van der Waals surface area contributed by atoms with Crippen molar-refractivity contribution < 1.29 is 9.59 Å². The zero-order valence-electron chi connectivity index (χ0n) is 12.6. The van der Waals surface area contributed by atoms with Gasteiger partial charge in [-0.3, -0.25) is 9.59 Å². The molecule has 0 aromatic heterocycles. The molecular formula is C16H22N2O2. The second kappa shape index (κ2) is 5.65. The highest BCUT2D eigenvalue weighted by molar-refractivity contribution is 5.95. The molecule has 4 nitrogen and oxygen atoms in total. The van der Waals surface area contributed by atoms with Gasteiger partial charge in [0.05, 0.1) is 6.54 Å². The van der Waals surface area contributed by atoms with Crippen molar-refractivity contribution in [1.82, 2.24) is 4.90 Å². The van der Waals surface area contributed by atoms with E-state index in [1.807, 2.05) is 32.0 Å². The van der Waals surface area contributed by atoms with E-state index >= 15 is 0 Å². The summed E-state index contributed by atoms with van der Waals surface area (Å²) in [5, 5.41) is 2.87. The van der Waals surface area contributed by atoms with Crippen molar-refractivity contribution in [3.05, 3.63) is 29.3 Å². The third-order valence-corrected chi connectivity index (χ3v) is 4.06. The van der Waals surface area contributed by atoms with E-state index < -0.39 is 0 Å². The highest BCUT2D eigenvalue weighted by Gasteiger charge is 2.40. The lowest BCUT2D eigenvalue weighted by molar-refractivity contribution is -0.134. The molecule has 0 bridgehead atoms. The van der Waals surface area contributed by atoms with Crippen molar-refractivity contribution in [2.45, 2.75) is 27.2 Å². The maximum absolute atomic E-state index is 12.0. The van der Waals surface area contributed by atoms with E-state index in [9.17, 15) is 9.59 Å². The predicted molar refractivity (Wildman–Crippen MR) is 79.5 cm³/mol. The predicted octanol–water partition coefficient (Wildman–Crippen LogP) is 2.36. The highest BCUT2D eigenvalue weighted by Crippen LogP contribution is 2.38. The molecule has 1 aromatic carbocycles. The summed E-state index contributed by atoms with van der Waals surface area (Å²) in [4.78, 5) is 25.5. The molecule has 1 N–H and O–H groups in total. The average Bonchev–Trinajstić information content (AvgIpc) is 3.11. The number of carbonyl (C=O) groups is 2. The maximum Gasteiger partial charge on any atom is 0.243 e. The molecule has 2 rings (SSSR count). The van der Waals surface area contributed by atoms with Gasteiger partial charge in [0.2, 0.25) is 11.8 Å². The number of likely N-dealkylation sites (N-methyl/N-ethyl adjacent to an activating group) is 1. The zero-order chi connectivity index (χ0) is 14.9. The van der Waals surface area contributed by atoms with Gasteiger partial charge in [-0.1, -0.05) is 19.1 Å². The minimum absolute atomic E-state index is 0.0774. The van der Waals surface area contributed by atoms with Gasteiger partial charge in [-0.2, -0.15) is 0 Å². The molecule has 0 spiro atoms. The monoisotopic (exact) mass is 274 g/mol. The number of rotatable bonds is 4. The van der Waals surface area contributed by atoms with Gasteiger partial charge >= 0.3 is 0 Å². The summed E-state index contributed by atoms with van der Waals surface area (Å²) in [6.07, 6.45) is 0.946. The van der Waals surface area contributed by atoms with Crippen LogP contribution in [0, 0.1) is 25.7 Å². The lowest BCUT2D eigenvalue weighted by atomic mass is 10.1. The first-order chi connectivity index (χ1) is 9.40. The molecule has 0 heterocycles. The number of aryl methyl sites for hydroxylation is 1. The maximum atomic E-state index is 12.0. The Hall–Kier alpha value is -1.84. The Bertz CT molecular complexity index is 539. The van der Waals surface area contributed by atoms with Crippen LogP contribution in [-0.4, -0.2) is 30.3 Å². The number of anilines is 1. The van der Waals surface area contributed by atoms with Crippen LogP contribution in [0.15, 0.2) is 18.2 Å². The lowest BCUT2D eigenvalue weighted by Gasteiger charge is -2.17. The zero-order valence-corrected chi connectivity index (χ0v) is 12.6. The average molecular weight is 274 g/mol. The first-order valence-electron chi connectivity index (χ1n) is 7.01. The summed E-state index contributed by atoms with van der Waals surface area (Å²) in [6.45, 7) is 6.16. The standard InChI is InChI=1S/C16H22N2O2/c1-10-6-5-7-14(12(10)3)17-15(19)9-18(4)16(20)13-8-11(13)2/h5-7,11,13H,8-9H2,1-4H3,(H,17,19)/t11-,13+/m0/s1. The Kier molecular flexibility index (Phi) is 4.12. The SMILES string of the molecule is Cc1cccc(NC(=O)CN(C)C(=O)[C@@H]2C[C@@H]2C)c1C. The van der Waals surface area contributed by atoms with Crippen LogP contribution in [0.2, 0.25) is 0 Å². The Labute approximate surface area is 120 Å². The number of nitrogens with zero attached hydrogens (tertiary/aromatic N) is 1. The second-order valence-electron chi connectivity index (χ2n) is 5.81. The van der Waals surface area contributed by atoms with Crippen LogP contribution in [0.3, 0.4) is 0 Å². The van der Waals surface area contributed by atoms with Gasteiger partial charge in [-0.15, -0.1) is 0 Å². The molecule has 0 radical (unpaired) electrons. The molecule has 2 atom stereocenters. The summed E-state index contributed by atoms with van der Waals surface area (Å²) in [5.74, 6) is 0.511. The van der Waals surface area contributed by atoms with Crippen molar-refractivity contribution in [2.24, 2.45) is 11.8 Å². The number of nitrogens with one attached hydrogen (secondary N) is 1. The third-order valence-electron chi connectivity index (χ3n) is 4.06. The topological polar surface area (TPSA) is 49.4 Å². The van der Waals surface area contributed by atoms with Crippen molar-refractivity contribution in [3.8, 4) is 0 Å². The molecule has 1 saturated carbocycles. The largest absolute Gasteiger partial charge is 0.336 e. The van der Waals surface area contributed by atoms with Gasteiger partial charge < -0.3 is 10.2 Å². The molecular weight excluding hydrogens is 252 g/mol. The van der Waals surface area contributed by atoms with Crippen LogP contribution in [0.25, 0.3) is 0 Å². The fourth-order valence-electron chi connectivity index (χ4n) is 2.32. The second-order valence-corrected chi connectivity index (χ2v) is 5.81. The number of benzene rings is 1. The lowest BCUT2D eigenvalue weighted by Crippen LogP contribution is -2.36. The molecule has 108 valence electrons. The highest BCUT2D eigenvalue weighted by atomic mass is 16.2. The fraction of sp³-hybridized carbons (Fsp3) is 0.500. The van der Waals surface area contributed by atoms with Gasteiger partial charge in [0.25, 0.3) is 0 Å². The first-order valence-corrected chi connectivity index (χ1v) is 7.01. The number of hydrogen-bond acceptors (Lipinski definition) is 2. The molecule has 1 aliphatic carbocycles. The fourth-order valence-corrected chi connectivity index (χ4v) is 2.32. The van der Waals surface area contributed by atoms with Crippen LogP contribution in [0.4, 0.5) is 5.69 Å². The minimum atomic E-state index is -0.150. The van der Waals surface area contributed by atoms with Crippen LogP contribution in [0.1, 0.15) is 24.5 Å². The van der Waals surface area contributed by atoms with Crippen LogP contribution < -0.4 is 5.32 Å².